The molecule has 0 aliphatic carbocycles. The molecule has 1 atom stereocenters. The van der Waals surface area contributed by atoms with Gasteiger partial charge in [0.15, 0.2) is 0 Å². The number of aryl methyl sites for hydroxylation is 2. The molecule has 3 heteroatoms. The van der Waals surface area contributed by atoms with Crippen molar-refractivity contribution in [3.63, 3.8) is 0 Å². The van der Waals surface area contributed by atoms with Crippen molar-refractivity contribution in [3.05, 3.63) is 28.8 Å². The minimum absolute atomic E-state index is 0.0353. The van der Waals surface area contributed by atoms with Gasteiger partial charge in [-0.05, 0) is 55.8 Å². The molecule has 1 amide bonds. The first-order valence-electron chi connectivity index (χ1n) is 6.81. The van der Waals surface area contributed by atoms with E-state index in [9.17, 15) is 4.79 Å². The van der Waals surface area contributed by atoms with Crippen molar-refractivity contribution in [2.75, 3.05) is 11.9 Å². The SMILES string of the molecule is CCC1C(=O)Nc2c(C)cc(CCCCN)cc21. The van der Waals surface area contributed by atoms with Crippen LogP contribution < -0.4 is 11.1 Å². The van der Waals surface area contributed by atoms with Crippen LogP contribution in [-0.4, -0.2) is 12.5 Å². The Morgan fingerprint density at radius 1 is 1.33 bits per heavy atom. The second-order valence-corrected chi connectivity index (χ2v) is 5.07. The highest BCUT2D eigenvalue weighted by molar-refractivity contribution is 6.03. The lowest BCUT2D eigenvalue weighted by Crippen LogP contribution is -2.10. The lowest BCUT2D eigenvalue weighted by atomic mass is 9.93. The number of carbonyl (C=O) groups excluding carboxylic acids is 1. The Hall–Kier alpha value is -1.35. The molecule has 1 aliphatic rings. The average molecular weight is 246 g/mol. The number of unbranched alkanes of at least 4 members (excludes halogenated alkanes) is 1. The van der Waals surface area contributed by atoms with Crippen LogP contribution in [-0.2, 0) is 11.2 Å². The Bertz CT molecular complexity index is 454. The van der Waals surface area contributed by atoms with Gasteiger partial charge >= 0.3 is 0 Å². The minimum atomic E-state index is 0.0353. The van der Waals surface area contributed by atoms with E-state index in [0.29, 0.717) is 0 Å². The zero-order valence-corrected chi connectivity index (χ0v) is 11.3. The van der Waals surface area contributed by atoms with E-state index in [-0.39, 0.29) is 11.8 Å². The maximum absolute atomic E-state index is 11.9. The molecule has 0 spiro atoms. The van der Waals surface area contributed by atoms with Gasteiger partial charge in [-0.15, -0.1) is 0 Å². The van der Waals surface area contributed by atoms with Crippen molar-refractivity contribution in [3.8, 4) is 0 Å². The molecular weight excluding hydrogens is 224 g/mol. The molecule has 0 aromatic heterocycles. The van der Waals surface area contributed by atoms with Crippen molar-refractivity contribution >= 4 is 11.6 Å². The second-order valence-electron chi connectivity index (χ2n) is 5.07. The van der Waals surface area contributed by atoms with Gasteiger partial charge in [0.05, 0.1) is 5.92 Å². The Balaban J connectivity index is 2.25. The summed E-state index contributed by atoms with van der Waals surface area (Å²) in [6.45, 7) is 4.89. The molecule has 1 aromatic rings. The van der Waals surface area contributed by atoms with Crippen LogP contribution in [0.25, 0.3) is 0 Å². The fourth-order valence-corrected chi connectivity index (χ4v) is 2.71. The molecule has 1 aromatic carbocycles. The molecule has 3 N–H and O–H groups in total. The van der Waals surface area contributed by atoms with Crippen molar-refractivity contribution in [1.29, 1.82) is 0 Å². The van der Waals surface area contributed by atoms with Crippen LogP contribution in [0.2, 0.25) is 0 Å². The van der Waals surface area contributed by atoms with Crippen molar-refractivity contribution in [1.82, 2.24) is 0 Å². The number of rotatable bonds is 5. The summed E-state index contributed by atoms with van der Waals surface area (Å²) < 4.78 is 0. The van der Waals surface area contributed by atoms with E-state index in [0.717, 1.165) is 37.9 Å². The second kappa shape index (κ2) is 5.53. The maximum Gasteiger partial charge on any atom is 0.232 e. The molecule has 0 bridgehead atoms. The third-order valence-corrected chi connectivity index (χ3v) is 3.69. The van der Waals surface area contributed by atoms with E-state index in [2.05, 4.69) is 31.3 Å². The molecule has 98 valence electrons. The van der Waals surface area contributed by atoms with Crippen molar-refractivity contribution in [2.45, 2.75) is 45.4 Å². The number of hydrogen-bond acceptors (Lipinski definition) is 2. The van der Waals surface area contributed by atoms with Crippen LogP contribution in [0.5, 0.6) is 0 Å². The fraction of sp³-hybridized carbons (Fsp3) is 0.533. The molecule has 3 nitrogen and oxygen atoms in total. The zero-order chi connectivity index (χ0) is 13.1. The average Bonchev–Trinajstić information content (AvgIpc) is 2.66. The zero-order valence-electron chi connectivity index (χ0n) is 11.3. The molecule has 0 saturated carbocycles. The molecule has 1 unspecified atom stereocenters. The number of amides is 1. The Labute approximate surface area is 109 Å². The van der Waals surface area contributed by atoms with Crippen LogP contribution in [0, 0.1) is 6.92 Å². The van der Waals surface area contributed by atoms with E-state index in [1.165, 1.54) is 16.7 Å². The monoisotopic (exact) mass is 246 g/mol. The summed E-state index contributed by atoms with van der Waals surface area (Å²) >= 11 is 0. The van der Waals surface area contributed by atoms with E-state index in [4.69, 9.17) is 5.73 Å². The first kappa shape index (κ1) is 13.1. The Morgan fingerprint density at radius 2 is 2.11 bits per heavy atom. The van der Waals surface area contributed by atoms with E-state index < -0.39 is 0 Å². The molecular formula is C15H22N2O. The fourth-order valence-electron chi connectivity index (χ4n) is 2.71. The molecule has 0 radical (unpaired) electrons. The van der Waals surface area contributed by atoms with Gasteiger partial charge in [0.1, 0.15) is 0 Å². The van der Waals surface area contributed by atoms with Crippen molar-refractivity contribution < 1.29 is 4.79 Å². The van der Waals surface area contributed by atoms with Gasteiger partial charge in [0, 0.05) is 5.69 Å². The quantitative estimate of drug-likeness (QED) is 0.785. The number of hydrogen-bond donors (Lipinski definition) is 2. The van der Waals surface area contributed by atoms with Gasteiger partial charge in [-0.25, -0.2) is 0 Å². The molecule has 18 heavy (non-hydrogen) atoms. The minimum Gasteiger partial charge on any atom is -0.330 e. The van der Waals surface area contributed by atoms with Gasteiger partial charge in [-0.2, -0.15) is 0 Å². The summed E-state index contributed by atoms with van der Waals surface area (Å²) in [6.07, 6.45) is 4.10. The first-order chi connectivity index (χ1) is 8.67. The normalized spacial score (nSPS) is 17.7. The third-order valence-electron chi connectivity index (χ3n) is 3.69. The number of carbonyl (C=O) groups is 1. The summed E-state index contributed by atoms with van der Waals surface area (Å²) in [7, 11) is 0. The highest BCUT2D eigenvalue weighted by Gasteiger charge is 2.30. The number of benzene rings is 1. The van der Waals surface area contributed by atoms with E-state index >= 15 is 0 Å². The third kappa shape index (κ3) is 2.41. The van der Waals surface area contributed by atoms with Gasteiger partial charge in [-0.1, -0.05) is 19.1 Å². The Morgan fingerprint density at radius 3 is 2.78 bits per heavy atom. The van der Waals surface area contributed by atoms with Crippen LogP contribution in [0.4, 0.5) is 5.69 Å². The number of anilines is 1. The van der Waals surface area contributed by atoms with Gasteiger partial charge < -0.3 is 11.1 Å². The standard InChI is InChI=1S/C15H22N2O/c1-3-12-13-9-11(6-4-5-7-16)8-10(2)14(13)17-15(12)18/h8-9,12H,3-7,16H2,1-2H3,(H,17,18). The summed E-state index contributed by atoms with van der Waals surface area (Å²) in [4.78, 5) is 11.9. The highest BCUT2D eigenvalue weighted by atomic mass is 16.2. The summed E-state index contributed by atoms with van der Waals surface area (Å²) in [5.41, 5.74) is 10.3. The lowest BCUT2D eigenvalue weighted by Gasteiger charge is -2.10. The predicted molar refractivity (Wildman–Crippen MR) is 74.8 cm³/mol. The van der Waals surface area contributed by atoms with Gasteiger partial charge in [0.25, 0.3) is 0 Å². The molecule has 1 aliphatic heterocycles. The van der Waals surface area contributed by atoms with Crippen LogP contribution in [0.1, 0.15) is 48.8 Å². The lowest BCUT2D eigenvalue weighted by molar-refractivity contribution is -0.117. The Kier molecular flexibility index (Phi) is 4.02. The number of nitrogens with one attached hydrogen (secondary N) is 1. The van der Waals surface area contributed by atoms with Gasteiger partial charge in [-0.3, -0.25) is 4.79 Å². The topological polar surface area (TPSA) is 55.1 Å². The van der Waals surface area contributed by atoms with E-state index in [1.54, 1.807) is 0 Å². The van der Waals surface area contributed by atoms with Crippen LogP contribution in [0.3, 0.4) is 0 Å². The molecule has 2 rings (SSSR count). The van der Waals surface area contributed by atoms with Crippen LogP contribution in [0.15, 0.2) is 12.1 Å². The van der Waals surface area contributed by atoms with Crippen molar-refractivity contribution in [2.24, 2.45) is 5.73 Å². The smallest absolute Gasteiger partial charge is 0.232 e. The molecule has 0 saturated heterocycles. The summed E-state index contributed by atoms with van der Waals surface area (Å²) in [5, 5.41) is 3.00. The maximum atomic E-state index is 11.9. The van der Waals surface area contributed by atoms with E-state index in [1.807, 2.05) is 0 Å². The number of nitrogens with two attached hydrogens (primary N) is 1. The first-order valence-corrected chi connectivity index (χ1v) is 6.81. The number of fused-ring (bicyclic) bond motifs is 1. The molecule has 1 heterocycles. The van der Waals surface area contributed by atoms with Crippen LogP contribution >= 0.6 is 0 Å². The van der Waals surface area contributed by atoms with Gasteiger partial charge in [0.2, 0.25) is 5.91 Å². The highest BCUT2D eigenvalue weighted by Crippen LogP contribution is 2.37. The predicted octanol–water partition coefficient (Wildman–Crippen LogP) is 2.72. The molecule has 0 fully saturated rings. The largest absolute Gasteiger partial charge is 0.330 e. The summed E-state index contributed by atoms with van der Waals surface area (Å²) in [5.74, 6) is 0.183. The summed E-state index contributed by atoms with van der Waals surface area (Å²) in [6, 6.07) is 4.39.